The number of ether oxygens (including phenoxy) is 1. The first kappa shape index (κ1) is 15.2. The zero-order chi connectivity index (χ0) is 15.9. The van der Waals surface area contributed by atoms with Gasteiger partial charge in [0.15, 0.2) is 0 Å². The fraction of sp³-hybridized carbons (Fsp3) is 0.167. The molecule has 23 heavy (non-hydrogen) atoms. The number of hydrogen-bond donors (Lipinski definition) is 1. The minimum atomic E-state index is -0.287. The summed E-state index contributed by atoms with van der Waals surface area (Å²) in [5, 5.41) is 3.21. The van der Waals surface area contributed by atoms with Crippen LogP contribution in [0.4, 0.5) is 4.39 Å². The number of nitrogens with zero attached hydrogens (tertiary/aromatic N) is 1. The van der Waals surface area contributed by atoms with Crippen molar-refractivity contribution in [3.8, 4) is 17.2 Å². The molecule has 5 heteroatoms. The highest BCUT2D eigenvalue weighted by Gasteiger charge is 2.08. The Hall–Kier alpha value is -2.66. The first-order valence-corrected chi connectivity index (χ1v) is 7.41. The third-order valence-electron chi connectivity index (χ3n) is 3.27. The molecule has 2 heterocycles. The quantitative estimate of drug-likeness (QED) is 0.677. The van der Waals surface area contributed by atoms with Gasteiger partial charge in [-0.3, -0.25) is 0 Å². The Labute approximate surface area is 133 Å². The molecule has 0 aliphatic carbocycles. The van der Waals surface area contributed by atoms with Crippen LogP contribution in [0.3, 0.4) is 0 Å². The van der Waals surface area contributed by atoms with E-state index in [4.69, 9.17) is 9.15 Å². The number of hydrogen-bond acceptors (Lipinski definition) is 4. The molecule has 0 unspecified atom stereocenters. The molecule has 0 bridgehead atoms. The van der Waals surface area contributed by atoms with Crippen molar-refractivity contribution >= 4 is 0 Å². The van der Waals surface area contributed by atoms with E-state index in [1.54, 1.807) is 30.5 Å². The molecule has 3 aromatic rings. The Morgan fingerprint density at radius 2 is 1.91 bits per heavy atom. The van der Waals surface area contributed by atoms with E-state index in [0.29, 0.717) is 36.9 Å². The molecule has 1 N–H and O–H groups in total. The lowest BCUT2D eigenvalue weighted by atomic mass is 10.1. The summed E-state index contributed by atoms with van der Waals surface area (Å²) in [6, 6.07) is 15.7. The van der Waals surface area contributed by atoms with Crippen LogP contribution in [-0.2, 0) is 6.54 Å². The Morgan fingerprint density at radius 1 is 1.04 bits per heavy atom. The predicted octanol–water partition coefficient (Wildman–Crippen LogP) is 3.65. The number of pyridine rings is 1. The number of aromatic nitrogens is 1. The molecule has 0 saturated heterocycles. The van der Waals surface area contributed by atoms with Gasteiger partial charge in [0.25, 0.3) is 0 Å². The molecule has 1 aromatic carbocycles. The van der Waals surface area contributed by atoms with Gasteiger partial charge in [-0.05, 0) is 30.3 Å². The molecule has 0 fully saturated rings. The highest BCUT2D eigenvalue weighted by molar-refractivity contribution is 5.58. The lowest BCUT2D eigenvalue weighted by Crippen LogP contribution is -2.20. The number of halogens is 1. The Kier molecular flexibility index (Phi) is 5.01. The van der Waals surface area contributed by atoms with Gasteiger partial charge in [0.2, 0.25) is 5.88 Å². The van der Waals surface area contributed by atoms with Gasteiger partial charge in [0, 0.05) is 18.8 Å². The van der Waals surface area contributed by atoms with Gasteiger partial charge >= 0.3 is 0 Å². The van der Waals surface area contributed by atoms with Crippen molar-refractivity contribution in [2.45, 2.75) is 6.54 Å². The standard InChI is InChI=1S/C18H17FN2O2/c19-16-6-2-1-5-15(16)17-9-8-14(23-17)13-20-11-12-22-18-7-3-4-10-21-18/h1-10,20H,11-13H2. The molecule has 0 spiro atoms. The summed E-state index contributed by atoms with van der Waals surface area (Å²) in [6.45, 7) is 1.73. The lowest BCUT2D eigenvalue weighted by molar-refractivity contribution is 0.300. The van der Waals surface area contributed by atoms with Crippen LogP contribution in [-0.4, -0.2) is 18.1 Å². The maximum atomic E-state index is 13.7. The zero-order valence-electron chi connectivity index (χ0n) is 12.5. The molecule has 118 valence electrons. The van der Waals surface area contributed by atoms with Gasteiger partial charge < -0.3 is 14.5 Å². The van der Waals surface area contributed by atoms with E-state index in [0.717, 1.165) is 5.76 Å². The summed E-state index contributed by atoms with van der Waals surface area (Å²) in [6.07, 6.45) is 1.69. The van der Waals surface area contributed by atoms with E-state index in [1.807, 2.05) is 24.3 Å². The maximum Gasteiger partial charge on any atom is 0.213 e. The SMILES string of the molecule is Fc1ccccc1-c1ccc(CNCCOc2ccccn2)o1. The summed E-state index contributed by atoms with van der Waals surface area (Å²) in [4.78, 5) is 4.08. The van der Waals surface area contributed by atoms with Gasteiger partial charge in [-0.25, -0.2) is 9.37 Å². The monoisotopic (exact) mass is 312 g/mol. The molecular weight excluding hydrogens is 295 g/mol. The van der Waals surface area contributed by atoms with E-state index in [-0.39, 0.29) is 5.82 Å². The van der Waals surface area contributed by atoms with E-state index in [9.17, 15) is 4.39 Å². The number of rotatable bonds is 7. The fourth-order valence-corrected chi connectivity index (χ4v) is 2.15. The first-order chi connectivity index (χ1) is 11.3. The average Bonchev–Trinajstić information content (AvgIpc) is 3.04. The Bertz CT molecular complexity index is 744. The second kappa shape index (κ2) is 7.56. The average molecular weight is 312 g/mol. The van der Waals surface area contributed by atoms with E-state index in [2.05, 4.69) is 10.3 Å². The smallest absolute Gasteiger partial charge is 0.213 e. The van der Waals surface area contributed by atoms with Crippen LogP contribution < -0.4 is 10.1 Å². The largest absolute Gasteiger partial charge is 0.476 e. The predicted molar refractivity (Wildman–Crippen MR) is 85.5 cm³/mol. The topological polar surface area (TPSA) is 47.3 Å². The molecule has 0 amide bonds. The van der Waals surface area contributed by atoms with Crippen LogP contribution in [0.1, 0.15) is 5.76 Å². The van der Waals surface area contributed by atoms with Gasteiger partial charge in [0.05, 0.1) is 12.1 Å². The van der Waals surface area contributed by atoms with Gasteiger partial charge in [-0.1, -0.05) is 18.2 Å². The van der Waals surface area contributed by atoms with Crippen molar-refractivity contribution < 1.29 is 13.5 Å². The highest BCUT2D eigenvalue weighted by Crippen LogP contribution is 2.24. The fourth-order valence-electron chi connectivity index (χ4n) is 2.15. The summed E-state index contributed by atoms with van der Waals surface area (Å²) >= 11 is 0. The zero-order valence-corrected chi connectivity index (χ0v) is 12.5. The molecule has 4 nitrogen and oxygen atoms in total. The summed E-state index contributed by atoms with van der Waals surface area (Å²) < 4.78 is 24.8. The molecular formula is C18H17FN2O2. The molecule has 0 radical (unpaired) electrons. The summed E-state index contributed by atoms with van der Waals surface area (Å²) in [5.74, 6) is 1.60. The van der Waals surface area contributed by atoms with Crippen molar-refractivity contribution in [1.82, 2.24) is 10.3 Å². The van der Waals surface area contributed by atoms with Crippen LogP contribution >= 0.6 is 0 Å². The van der Waals surface area contributed by atoms with Crippen LogP contribution in [0, 0.1) is 5.82 Å². The van der Waals surface area contributed by atoms with Crippen molar-refractivity contribution in [2.24, 2.45) is 0 Å². The minimum Gasteiger partial charge on any atom is -0.476 e. The Balaban J connectivity index is 1.46. The van der Waals surface area contributed by atoms with Crippen LogP contribution in [0.25, 0.3) is 11.3 Å². The van der Waals surface area contributed by atoms with E-state index < -0.39 is 0 Å². The Morgan fingerprint density at radius 3 is 2.74 bits per heavy atom. The van der Waals surface area contributed by atoms with Crippen molar-refractivity contribution in [2.75, 3.05) is 13.2 Å². The van der Waals surface area contributed by atoms with E-state index >= 15 is 0 Å². The number of furan rings is 1. The highest BCUT2D eigenvalue weighted by atomic mass is 19.1. The molecule has 2 aromatic heterocycles. The van der Waals surface area contributed by atoms with Crippen molar-refractivity contribution in [1.29, 1.82) is 0 Å². The van der Waals surface area contributed by atoms with Crippen molar-refractivity contribution in [3.05, 3.63) is 72.4 Å². The van der Waals surface area contributed by atoms with Crippen LogP contribution in [0.2, 0.25) is 0 Å². The van der Waals surface area contributed by atoms with E-state index in [1.165, 1.54) is 6.07 Å². The van der Waals surface area contributed by atoms with Crippen LogP contribution in [0.15, 0.2) is 65.2 Å². The molecule has 3 rings (SSSR count). The van der Waals surface area contributed by atoms with Gasteiger partial charge in [-0.2, -0.15) is 0 Å². The van der Waals surface area contributed by atoms with Crippen molar-refractivity contribution in [3.63, 3.8) is 0 Å². The molecule has 0 saturated carbocycles. The maximum absolute atomic E-state index is 13.7. The summed E-state index contributed by atoms with van der Waals surface area (Å²) in [7, 11) is 0. The third-order valence-corrected chi connectivity index (χ3v) is 3.27. The van der Waals surface area contributed by atoms with Crippen LogP contribution in [0.5, 0.6) is 5.88 Å². The minimum absolute atomic E-state index is 0.287. The molecule has 0 atom stereocenters. The second-order valence-corrected chi connectivity index (χ2v) is 4.94. The summed E-state index contributed by atoms with van der Waals surface area (Å²) in [5.41, 5.74) is 0.470. The van der Waals surface area contributed by atoms with Gasteiger partial charge in [0.1, 0.15) is 23.9 Å². The number of benzene rings is 1. The molecule has 0 aliphatic heterocycles. The van der Waals surface area contributed by atoms with Gasteiger partial charge in [-0.15, -0.1) is 0 Å². The third kappa shape index (κ3) is 4.17. The normalized spacial score (nSPS) is 10.7. The lowest BCUT2D eigenvalue weighted by Gasteiger charge is -2.05. The molecule has 0 aliphatic rings. The first-order valence-electron chi connectivity index (χ1n) is 7.41. The second-order valence-electron chi connectivity index (χ2n) is 4.94. The number of nitrogens with one attached hydrogen (secondary N) is 1.